The Balaban J connectivity index is 1.89. The zero-order valence-corrected chi connectivity index (χ0v) is 16.4. The molecule has 0 spiro atoms. The quantitative estimate of drug-likeness (QED) is 0.547. The second kappa shape index (κ2) is 10.4. The van der Waals surface area contributed by atoms with Crippen molar-refractivity contribution >= 4 is 17.8 Å². The highest BCUT2D eigenvalue weighted by Crippen LogP contribution is 2.20. The number of likely N-dealkylation sites (N-methyl/N-ethyl adjacent to an activating group) is 1. The third-order valence-electron chi connectivity index (χ3n) is 4.86. The van der Waals surface area contributed by atoms with Crippen LogP contribution in [0.5, 0.6) is 0 Å². The molecule has 148 valence electrons. The first-order valence-electron chi connectivity index (χ1n) is 9.62. The lowest BCUT2D eigenvalue weighted by molar-refractivity contribution is -0.140. The van der Waals surface area contributed by atoms with Gasteiger partial charge in [-0.2, -0.15) is 0 Å². The van der Waals surface area contributed by atoms with E-state index in [1.807, 2.05) is 4.90 Å². The van der Waals surface area contributed by atoms with Crippen LogP contribution >= 0.6 is 0 Å². The third kappa shape index (κ3) is 5.86. The molecule has 0 atom stereocenters. The zero-order valence-electron chi connectivity index (χ0n) is 16.4. The summed E-state index contributed by atoms with van der Waals surface area (Å²) in [5, 5.41) is 3.33. The number of aliphatic imine (C=N–C) groups is 1. The number of hydrogen-bond acceptors (Lipinski definition) is 4. The average Bonchev–Trinajstić information content (AvgIpc) is 2.68. The summed E-state index contributed by atoms with van der Waals surface area (Å²) in [5.41, 5.74) is 0. The number of guanidine groups is 1. The Kier molecular flexibility index (Phi) is 8.15. The van der Waals surface area contributed by atoms with E-state index in [-0.39, 0.29) is 24.3 Å². The number of morpholine rings is 1. The highest BCUT2D eigenvalue weighted by atomic mass is 16.5. The maximum atomic E-state index is 12.6. The van der Waals surface area contributed by atoms with Gasteiger partial charge in [0.1, 0.15) is 6.54 Å². The van der Waals surface area contributed by atoms with Gasteiger partial charge in [-0.15, -0.1) is 0 Å². The van der Waals surface area contributed by atoms with Crippen LogP contribution < -0.4 is 5.32 Å². The number of likely N-dealkylation sites (tertiary alicyclic amines) is 1. The number of nitrogens with zero attached hydrogens (tertiary/aromatic N) is 4. The lowest BCUT2D eigenvalue weighted by Gasteiger charge is -2.36. The molecule has 0 aromatic rings. The van der Waals surface area contributed by atoms with E-state index in [0.717, 1.165) is 44.9 Å². The van der Waals surface area contributed by atoms with Gasteiger partial charge in [0.25, 0.3) is 0 Å². The van der Waals surface area contributed by atoms with Gasteiger partial charge >= 0.3 is 0 Å². The first-order valence-corrected chi connectivity index (χ1v) is 9.62. The van der Waals surface area contributed by atoms with Crippen molar-refractivity contribution in [3.8, 4) is 0 Å². The van der Waals surface area contributed by atoms with Gasteiger partial charge < -0.3 is 24.8 Å². The second-order valence-electron chi connectivity index (χ2n) is 7.05. The molecule has 0 saturated carbocycles. The Morgan fingerprint density at radius 1 is 1.12 bits per heavy atom. The van der Waals surface area contributed by atoms with Gasteiger partial charge in [-0.3, -0.25) is 9.59 Å². The Morgan fingerprint density at radius 3 is 2.35 bits per heavy atom. The largest absolute Gasteiger partial charge is 0.378 e. The molecule has 0 aromatic heterocycles. The van der Waals surface area contributed by atoms with Crippen molar-refractivity contribution in [3.63, 3.8) is 0 Å². The smallest absolute Gasteiger partial charge is 0.243 e. The van der Waals surface area contributed by atoms with Crippen LogP contribution in [-0.4, -0.2) is 99.1 Å². The molecule has 2 rings (SSSR count). The van der Waals surface area contributed by atoms with Gasteiger partial charge in [-0.1, -0.05) is 6.92 Å². The van der Waals surface area contributed by atoms with E-state index in [2.05, 4.69) is 22.1 Å². The minimum atomic E-state index is -0.0156. The normalized spacial score (nSPS) is 19.4. The van der Waals surface area contributed by atoms with E-state index < -0.39 is 0 Å². The van der Waals surface area contributed by atoms with Crippen LogP contribution in [0.4, 0.5) is 0 Å². The van der Waals surface area contributed by atoms with E-state index in [1.54, 1.807) is 19.0 Å². The summed E-state index contributed by atoms with van der Waals surface area (Å²) in [6.45, 7) is 7.33. The molecule has 8 nitrogen and oxygen atoms in total. The number of carbonyl (C=O) groups is 2. The van der Waals surface area contributed by atoms with Crippen molar-refractivity contribution in [2.45, 2.75) is 26.2 Å². The fourth-order valence-electron chi connectivity index (χ4n) is 3.17. The van der Waals surface area contributed by atoms with Gasteiger partial charge in [-0.25, -0.2) is 4.99 Å². The molecule has 2 aliphatic rings. The van der Waals surface area contributed by atoms with Crippen molar-refractivity contribution in [2.75, 3.05) is 66.6 Å². The Morgan fingerprint density at radius 2 is 1.77 bits per heavy atom. The highest BCUT2D eigenvalue weighted by molar-refractivity contribution is 5.85. The third-order valence-corrected chi connectivity index (χ3v) is 4.86. The minimum Gasteiger partial charge on any atom is -0.378 e. The monoisotopic (exact) mass is 367 g/mol. The van der Waals surface area contributed by atoms with Crippen molar-refractivity contribution in [3.05, 3.63) is 0 Å². The van der Waals surface area contributed by atoms with Gasteiger partial charge in [0.15, 0.2) is 5.96 Å². The molecule has 2 aliphatic heterocycles. The van der Waals surface area contributed by atoms with E-state index in [9.17, 15) is 9.59 Å². The minimum absolute atomic E-state index is 0.0156. The number of carbonyl (C=O) groups excluding carboxylic acids is 2. The highest BCUT2D eigenvalue weighted by Gasteiger charge is 2.30. The molecule has 0 radical (unpaired) electrons. The van der Waals surface area contributed by atoms with Crippen molar-refractivity contribution in [1.29, 1.82) is 0 Å². The van der Waals surface area contributed by atoms with Crippen LogP contribution in [0.2, 0.25) is 0 Å². The Labute approximate surface area is 156 Å². The molecule has 1 N–H and O–H groups in total. The number of hydrogen-bond donors (Lipinski definition) is 1. The fourth-order valence-corrected chi connectivity index (χ4v) is 3.17. The van der Waals surface area contributed by atoms with Crippen LogP contribution in [0, 0.1) is 5.92 Å². The molecule has 2 saturated heterocycles. The predicted octanol–water partition coefficient (Wildman–Crippen LogP) is 0.00100. The summed E-state index contributed by atoms with van der Waals surface area (Å²) in [6.07, 6.45) is 2.64. The Bertz CT molecular complexity index is 495. The van der Waals surface area contributed by atoms with Crippen LogP contribution in [0.3, 0.4) is 0 Å². The SMILES string of the molecule is CCCNC(=NCC(=O)N(C)C)N1CCC(C(=O)N2CCOCC2)CC1. The summed E-state index contributed by atoms with van der Waals surface area (Å²) < 4.78 is 5.33. The van der Waals surface area contributed by atoms with E-state index in [1.165, 1.54) is 0 Å². The topological polar surface area (TPSA) is 77.5 Å². The van der Waals surface area contributed by atoms with Crippen molar-refractivity contribution < 1.29 is 14.3 Å². The molecule has 2 heterocycles. The summed E-state index contributed by atoms with van der Waals surface area (Å²) in [7, 11) is 3.47. The van der Waals surface area contributed by atoms with Gasteiger partial charge in [0.2, 0.25) is 11.8 Å². The fraction of sp³-hybridized carbons (Fsp3) is 0.833. The maximum absolute atomic E-state index is 12.6. The summed E-state index contributed by atoms with van der Waals surface area (Å²) in [6, 6.07) is 0. The second-order valence-corrected chi connectivity index (χ2v) is 7.05. The summed E-state index contributed by atoms with van der Waals surface area (Å²) >= 11 is 0. The summed E-state index contributed by atoms with van der Waals surface area (Å²) in [5.74, 6) is 1.11. The molecule has 0 unspecified atom stereocenters. The van der Waals surface area contributed by atoms with Crippen LogP contribution in [-0.2, 0) is 14.3 Å². The molecule has 0 aromatic carbocycles. The van der Waals surface area contributed by atoms with Crippen molar-refractivity contribution in [2.24, 2.45) is 10.9 Å². The van der Waals surface area contributed by atoms with E-state index >= 15 is 0 Å². The molecule has 2 fully saturated rings. The van der Waals surface area contributed by atoms with Gasteiger partial charge in [0.05, 0.1) is 13.2 Å². The van der Waals surface area contributed by atoms with Crippen molar-refractivity contribution in [1.82, 2.24) is 20.0 Å². The molecular weight excluding hydrogens is 334 g/mol. The molecule has 0 aliphatic carbocycles. The standard InChI is InChI=1S/C18H33N5O3/c1-4-7-19-18(20-14-16(24)21(2)3)23-8-5-15(6-9-23)17(25)22-10-12-26-13-11-22/h15H,4-14H2,1-3H3,(H,19,20). The maximum Gasteiger partial charge on any atom is 0.243 e. The van der Waals surface area contributed by atoms with Crippen LogP contribution in [0.1, 0.15) is 26.2 Å². The van der Waals surface area contributed by atoms with Crippen LogP contribution in [0.25, 0.3) is 0 Å². The molecular formula is C18H33N5O3. The molecule has 8 heteroatoms. The van der Waals surface area contributed by atoms with Crippen LogP contribution in [0.15, 0.2) is 4.99 Å². The zero-order chi connectivity index (χ0) is 18.9. The average molecular weight is 367 g/mol. The van der Waals surface area contributed by atoms with Gasteiger partial charge in [-0.05, 0) is 19.3 Å². The van der Waals surface area contributed by atoms with E-state index in [0.29, 0.717) is 26.3 Å². The lowest BCUT2D eigenvalue weighted by atomic mass is 9.95. The first-order chi connectivity index (χ1) is 12.5. The van der Waals surface area contributed by atoms with Gasteiger partial charge in [0, 0.05) is 52.7 Å². The number of piperidine rings is 1. The number of ether oxygens (including phenoxy) is 1. The lowest BCUT2D eigenvalue weighted by Crippen LogP contribution is -2.50. The number of amides is 2. The summed E-state index contributed by atoms with van der Waals surface area (Å²) in [4.78, 5) is 34.6. The van der Waals surface area contributed by atoms with E-state index in [4.69, 9.17) is 4.74 Å². The Hall–Kier alpha value is -1.83. The molecule has 26 heavy (non-hydrogen) atoms. The molecule has 2 amide bonds. The predicted molar refractivity (Wildman–Crippen MR) is 101 cm³/mol. The number of rotatable bonds is 5. The molecule has 0 bridgehead atoms. The first kappa shape index (κ1) is 20.5. The number of nitrogens with one attached hydrogen (secondary N) is 1.